The summed E-state index contributed by atoms with van der Waals surface area (Å²) in [6.07, 6.45) is 3.55. The molecule has 2 aliphatic heterocycles. The summed E-state index contributed by atoms with van der Waals surface area (Å²) in [5.41, 5.74) is 1.05. The molecule has 0 radical (unpaired) electrons. The molecule has 3 rings (SSSR count). The number of pyridine rings is 1. The van der Waals surface area contributed by atoms with E-state index in [9.17, 15) is 13.2 Å². The summed E-state index contributed by atoms with van der Waals surface area (Å²) in [5.74, 6) is 0.0752. The molecule has 2 aliphatic rings. The fraction of sp³-hybridized carbons (Fsp3) is 0.588. The number of ether oxygens (including phenoxy) is 1. The van der Waals surface area contributed by atoms with Gasteiger partial charge in [0.15, 0.2) is 9.84 Å². The number of sulfone groups is 1. The van der Waals surface area contributed by atoms with Gasteiger partial charge in [0.2, 0.25) is 0 Å². The Morgan fingerprint density at radius 3 is 2.50 bits per heavy atom. The highest BCUT2D eigenvalue weighted by Crippen LogP contribution is 2.20. The Hall–Kier alpha value is -2.24. The molecule has 2 fully saturated rings. The average molecular weight is 414 g/mol. The summed E-state index contributed by atoms with van der Waals surface area (Å²) < 4.78 is 28.4. The molecular formula is C17H26N4O6S. The summed E-state index contributed by atoms with van der Waals surface area (Å²) in [5, 5.41) is 9.85. The van der Waals surface area contributed by atoms with Crippen molar-refractivity contribution in [2.45, 2.75) is 6.04 Å². The van der Waals surface area contributed by atoms with E-state index in [4.69, 9.17) is 14.6 Å². The van der Waals surface area contributed by atoms with Gasteiger partial charge in [-0.25, -0.2) is 13.2 Å². The minimum Gasteiger partial charge on any atom is -0.483 e. The quantitative estimate of drug-likeness (QED) is 0.637. The van der Waals surface area contributed by atoms with Crippen molar-refractivity contribution in [2.75, 3.05) is 57.4 Å². The van der Waals surface area contributed by atoms with Crippen LogP contribution in [0.1, 0.15) is 11.6 Å². The normalized spacial score (nSPS) is 20.4. The molecule has 0 aromatic carbocycles. The molecular weight excluding hydrogens is 388 g/mol. The predicted molar refractivity (Wildman–Crippen MR) is 102 cm³/mol. The van der Waals surface area contributed by atoms with Crippen molar-refractivity contribution in [1.82, 2.24) is 20.1 Å². The Labute approximate surface area is 164 Å². The first kappa shape index (κ1) is 22.1. The van der Waals surface area contributed by atoms with Crippen molar-refractivity contribution < 1.29 is 27.9 Å². The van der Waals surface area contributed by atoms with Crippen LogP contribution in [0.25, 0.3) is 0 Å². The summed E-state index contributed by atoms with van der Waals surface area (Å²) in [6, 6.07) is 3.71. The van der Waals surface area contributed by atoms with E-state index in [1.54, 1.807) is 11.1 Å². The standard InChI is InChI=1S/C16H24N4O4S.CH2O2/c21-16(20-6-10-25(22,23)11-7-20)18-13-15(14-2-1-3-17-12-14)19-4-8-24-9-5-19;2-1-3/h1-3,12,15H,4-11,13H2,(H,18,21);1H,(H,2,3). The van der Waals surface area contributed by atoms with Crippen molar-refractivity contribution in [3.8, 4) is 0 Å². The Morgan fingerprint density at radius 1 is 1.29 bits per heavy atom. The zero-order valence-corrected chi connectivity index (χ0v) is 16.4. The maximum atomic E-state index is 12.4. The molecule has 1 aromatic heterocycles. The monoisotopic (exact) mass is 414 g/mol. The van der Waals surface area contributed by atoms with Crippen molar-refractivity contribution in [1.29, 1.82) is 0 Å². The number of carbonyl (C=O) groups is 2. The second-order valence-electron chi connectivity index (χ2n) is 6.38. The first-order chi connectivity index (χ1) is 13.5. The maximum Gasteiger partial charge on any atom is 0.317 e. The number of rotatable bonds is 4. The van der Waals surface area contributed by atoms with Crippen LogP contribution in [0.15, 0.2) is 24.5 Å². The second-order valence-corrected chi connectivity index (χ2v) is 8.68. The fourth-order valence-corrected chi connectivity index (χ4v) is 4.33. The topological polar surface area (TPSA) is 129 Å². The predicted octanol–water partition coefficient (Wildman–Crippen LogP) is -0.404. The highest BCUT2D eigenvalue weighted by Gasteiger charge is 2.27. The molecule has 2 saturated heterocycles. The lowest BCUT2D eigenvalue weighted by atomic mass is 10.1. The van der Waals surface area contributed by atoms with Crippen molar-refractivity contribution in [2.24, 2.45) is 0 Å². The Morgan fingerprint density at radius 2 is 1.93 bits per heavy atom. The van der Waals surface area contributed by atoms with E-state index in [0.717, 1.165) is 18.7 Å². The van der Waals surface area contributed by atoms with Gasteiger partial charge in [-0.05, 0) is 11.6 Å². The molecule has 2 amide bonds. The molecule has 1 aromatic rings. The summed E-state index contributed by atoms with van der Waals surface area (Å²) in [6.45, 7) is 3.67. The number of carbonyl (C=O) groups excluding carboxylic acids is 1. The third kappa shape index (κ3) is 6.73. The van der Waals surface area contributed by atoms with Crippen LogP contribution < -0.4 is 5.32 Å². The number of morpholine rings is 1. The zero-order valence-electron chi connectivity index (χ0n) is 15.6. The summed E-state index contributed by atoms with van der Waals surface area (Å²) >= 11 is 0. The van der Waals surface area contributed by atoms with Crippen LogP contribution in [0.4, 0.5) is 4.79 Å². The molecule has 28 heavy (non-hydrogen) atoms. The molecule has 0 spiro atoms. The van der Waals surface area contributed by atoms with Crippen LogP contribution in [-0.4, -0.2) is 98.3 Å². The highest BCUT2D eigenvalue weighted by atomic mass is 32.2. The van der Waals surface area contributed by atoms with E-state index in [0.29, 0.717) is 19.8 Å². The number of hydrogen-bond donors (Lipinski definition) is 2. The lowest BCUT2D eigenvalue weighted by Gasteiger charge is -2.35. The number of carboxylic acid groups (broad SMARTS) is 1. The van der Waals surface area contributed by atoms with E-state index < -0.39 is 9.84 Å². The van der Waals surface area contributed by atoms with Gasteiger partial charge in [0, 0.05) is 45.1 Å². The summed E-state index contributed by atoms with van der Waals surface area (Å²) in [7, 11) is -2.99. The molecule has 10 nitrogen and oxygen atoms in total. The van der Waals surface area contributed by atoms with Gasteiger partial charge in [0.1, 0.15) is 0 Å². The van der Waals surface area contributed by atoms with E-state index in [1.165, 1.54) is 0 Å². The zero-order chi connectivity index (χ0) is 20.4. The van der Waals surface area contributed by atoms with Crippen LogP contribution in [0.5, 0.6) is 0 Å². The maximum absolute atomic E-state index is 12.4. The fourth-order valence-electron chi connectivity index (χ4n) is 3.13. The van der Waals surface area contributed by atoms with E-state index in [1.807, 2.05) is 18.3 Å². The van der Waals surface area contributed by atoms with Crippen LogP contribution in [0, 0.1) is 0 Å². The minimum absolute atomic E-state index is 0.0232. The van der Waals surface area contributed by atoms with E-state index in [-0.39, 0.29) is 43.1 Å². The largest absolute Gasteiger partial charge is 0.483 e. The van der Waals surface area contributed by atoms with Gasteiger partial charge in [-0.3, -0.25) is 14.7 Å². The highest BCUT2D eigenvalue weighted by molar-refractivity contribution is 7.91. The van der Waals surface area contributed by atoms with E-state index in [2.05, 4.69) is 15.2 Å². The van der Waals surface area contributed by atoms with Crippen LogP contribution in [-0.2, 0) is 19.4 Å². The molecule has 2 N–H and O–H groups in total. The van der Waals surface area contributed by atoms with Gasteiger partial charge in [0.05, 0.1) is 30.8 Å². The molecule has 3 heterocycles. The van der Waals surface area contributed by atoms with Crippen molar-refractivity contribution in [3.63, 3.8) is 0 Å². The Balaban J connectivity index is 0.000000878. The van der Waals surface area contributed by atoms with Crippen LogP contribution >= 0.6 is 0 Å². The first-order valence-electron chi connectivity index (χ1n) is 8.99. The second kappa shape index (κ2) is 10.9. The molecule has 11 heteroatoms. The van der Waals surface area contributed by atoms with Gasteiger partial charge < -0.3 is 20.1 Å². The minimum atomic E-state index is -2.99. The van der Waals surface area contributed by atoms with Gasteiger partial charge in [-0.2, -0.15) is 0 Å². The number of hydrogen-bond acceptors (Lipinski definition) is 7. The van der Waals surface area contributed by atoms with Crippen molar-refractivity contribution in [3.05, 3.63) is 30.1 Å². The van der Waals surface area contributed by atoms with Crippen LogP contribution in [0.3, 0.4) is 0 Å². The third-order valence-electron chi connectivity index (χ3n) is 4.63. The summed E-state index contributed by atoms with van der Waals surface area (Å²) in [4.78, 5) is 28.8. The lowest BCUT2D eigenvalue weighted by molar-refractivity contribution is -0.122. The van der Waals surface area contributed by atoms with Crippen molar-refractivity contribution >= 4 is 22.3 Å². The number of aromatic nitrogens is 1. The first-order valence-corrected chi connectivity index (χ1v) is 10.8. The Bertz CT molecular complexity index is 710. The molecule has 1 unspecified atom stereocenters. The molecule has 0 bridgehead atoms. The van der Waals surface area contributed by atoms with Crippen LogP contribution in [0.2, 0.25) is 0 Å². The lowest BCUT2D eigenvalue weighted by Crippen LogP contribution is -2.50. The Kier molecular flexibility index (Phi) is 8.61. The molecule has 156 valence electrons. The number of urea groups is 1. The molecule has 0 aliphatic carbocycles. The smallest absolute Gasteiger partial charge is 0.317 e. The molecule has 0 saturated carbocycles. The van der Waals surface area contributed by atoms with E-state index >= 15 is 0 Å². The SMILES string of the molecule is O=C(NCC(c1cccnc1)N1CCOCC1)N1CCS(=O)(=O)CC1.O=CO. The molecule has 1 atom stereocenters. The average Bonchev–Trinajstić information content (AvgIpc) is 2.70. The van der Waals surface area contributed by atoms with Gasteiger partial charge in [-0.1, -0.05) is 6.07 Å². The van der Waals surface area contributed by atoms with Gasteiger partial charge in [-0.15, -0.1) is 0 Å². The number of nitrogens with one attached hydrogen (secondary N) is 1. The van der Waals surface area contributed by atoms with Gasteiger partial charge in [0.25, 0.3) is 6.47 Å². The number of amides is 2. The number of nitrogens with zero attached hydrogens (tertiary/aromatic N) is 3. The van der Waals surface area contributed by atoms with Gasteiger partial charge >= 0.3 is 6.03 Å². The third-order valence-corrected chi connectivity index (χ3v) is 6.24.